The number of hydrogen-bond donors (Lipinski definition) is 2. The predicted molar refractivity (Wildman–Crippen MR) is 50.1 cm³/mol. The molecule has 1 aromatic rings. The van der Waals surface area contributed by atoms with E-state index in [0.29, 0.717) is 5.92 Å². The van der Waals surface area contributed by atoms with Crippen molar-refractivity contribution in [2.75, 3.05) is 13.1 Å². The van der Waals surface area contributed by atoms with Crippen molar-refractivity contribution in [2.24, 2.45) is 0 Å². The summed E-state index contributed by atoms with van der Waals surface area (Å²) in [7, 11) is 0. The van der Waals surface area contributed by atoms with E-state index in [-0.39, 0.29) is 5.82 Å². The van der Waals surface area contributed by atoms with Crippen LogP contribution in [-0.4, -0.2) is 28.2 Å². The van der Waals surface area contributed by atoms with Crippen LogP contribution in [0.4, 0.5) is 5.82 Å². The topological polar surface area (TPSA) is 83.8 Å². The van der Waals surface area contributed by atoms with Gasteiger partial charge in [-0.15, -0.1) is 5.10 Å². The first kappa shape index (κ1) is 9.14. The maximum Gasteiger partial charge on any atom is 0.342 e. The molecule has 1 aromatic heterocycles. The number of nitrogens with one attached hydrogen (secondary N) is 2. The van der Waals surface area contributed by atoms with E-state index in [4.69, 9.17) is 0 Å². The Bertz CT molecular complexity index is 330. The maximum absolute atomic E-state index is 10.4. The predicted octanol–water partition coefficient (Wildman–Crippen LogP) is 0.785. The second kappa shape index (κ2) is 3.75. The molecule has 1 fully saturated rings. The molecule has 6 heteroatoms. The molecular weight excluding hydrogens is 184 g/mol. The Labute approximate surface area is 80.9 Å². The highest BCUT2D eigenvalue weighted by Crippen LogP contribution is 2.23. The lowest BCUT2D eigenvalue weighted by Gasteiger charge is -2.19. The fourth-order valence-electron chi connectivity index (χ4n) is 1.73. The van der Waals surface area contributed by atoms with E-state index in [0.717, 1.165) is 31.6 Å². The number of piperidine rings is 1. The van der Waals surface area contributed by atoms with Gasteiger partial charge in [-0.2, -0.15) is 0 Å². The van der Waals surface area contributed by atoms with Gasteiger partial charge in [-0.25, -0.2) is 0 Å². The van der Waals surface area contributed by atoms with Gasteiger partial charge in [0.25, 0.3) is 0 Å². The molecule has 0 aromatic carbocycles. The highest BCUT2D eigenvalue weighted by Gasteiger charge is 2.20. The molecule has 14 heavy (non-hydrogen) atoms. The maximum atomic E-state index is 10.4. The average molecular weight is 196 g/mol. The van der Waals surface area contributed by atoms with Crippen LogP contribution >= 0.6 is 0 Å². The van der Waals surface area contributed by atoms with Crippen molar-refractivity contribution < 1.29 is 4.92 Å². The first-order chi connectivity index (χ1) is 6.77. The van der Waals surface area contributed by atoms with E-state index in [2.05, 4.69) is 15.5 Å². The summed E-state index contributed by atoms with van der Waals surface area (Å²) in [6.07, 6.45) is 2.15. The van der Waals surface area contributed by atoms with E-state index >= 15 is 0 Å². The Kier molecular flexibility index (Phi) is 2.45. The quantitative estimate of drug-likeness (QED) is 0.541. The number of hydrogen-bond acceptors (Lipinski definition) is 4. The smallest absolute Gasteiger partial charge is 0.342 e. The van der Waals surface area contributed by atoms with Gasteiger partial charge in [0, 0.05) is 12.5 Å². The second-order valence-electron chi connectivity index (χ2n) is 3.48. The van der Waals surface area contributed by atoms with Crippen LogP contribution in [0.3, 0.4) is 0 Å². The van der Waals surface area contributed by atoms with Gasteiger partial charge in [-0.1, -0.05) is 5.10 Å². The minimum atomic E-state index is -0.452. The molecule has 2 rings (SSSR count). The van der Waals surface area contributed by atoms with E-state index in [1.54, 1.807) is 0 Å². The fraction of sp³-hybridized carbons (Fsp3) is 0.625. The normalized spacial score (nSPS) is 22.1. The molecule has 0 bridgehead atoms. The van der Waals surface area contributed by atoms with Crippen LogP contribution in [0.5, 0.6) is 0 Å². The van der Waals surface area contributed by atoms with Crippen molar-refractivity contribution in [3.05, 3.63) is 21.9 Å². The molecule has 1 aliphatic rings. The van der Waals surface area contributed by atoms with E-state index in [1.807, 2.05) is 0 Å². The number of rotatable bonds is 2. The summed E-state index contributed by atoms with van der Waals surface area (Å²) in [6, 6.07) is 1.53. The molecule has 0 spiro atoms. The van der Waals surface area contributed by atoms with E-state index in [9.17, 15) is 10.1 Å². The molecule has 0 radical (unpaired) electrons. The molecule has 1 unspecified atom stereocenters. The van der Waals surface area contributed by atoms with Gasteiger partial charge in [0.15, 0.2) is 0 Å². The largest absolute Gasteiger partial charge is 0.358 e. The van der Waals surface area contributed by atoms with Gasteiger partial charge >= 0.3 is 5.82 Å². The average Bonchev–Trinajstić information content (AvgIpc) is 2.68. The molecule has 2 heterocycles. The van der Waals surface area contributed by atoms with E-state index < -0.39 is 4.92 Å². The minimum absolute atomic E-state index is 0.0226. The highest BCUT2D eigenvalue weighted by molar-refractivity contribution is 5.23. The summed E-state index contributed by atoms with van der Waals surface area (Å²) in [5.41, 5.74) is 0.795. The molecule has 0 saturated carbocycles. The number of H-pyrrole nitrogens is 1. The van der Waals surface area contributed by atoms with Crippen molar-refractivity contribution in [1.29, 1.82) is 0 Å². The first-order valence-electron chi connectivity index (χ1n) is 4.68. The van der Waals surface area contributed by atoms with Crippen LogP contribution in [-0.2, 0) is 0 Å². The van der Waals surface area contributed by atoms with Crippen LogP contribution in [0.25, 0.3) is 0 Å². The Hall–Kier alpha value is -1.43. The van der Waals surface area contributed by atoms with Gasteiger partial charge in [0.1, 0.15) is 0 Å². The standard InChI is InChI=1S/C8H12N4O2/c13-12(14)8-4-7(10-11-8)6-2-1-3-9-5-6/h4,6,9H,1-3,5H2,(H,10,11). The lowest BCUT2D eigenvalue weighted by atomic mass is 9.96. The van der Waals surface area contributed by atoms with Crippen LogP contribution in [0.1, 0.15) is 24.5 Å². The molecule has 76 valence electrons. The van der Waals surface area contributed by atoms with Crippen molar-refractivity contribution >= 4 is 5.82 Å². The minimum Gasteiger partial charge on any atom is -0.358 e. The van der Waals surface area contributed by atoms with E-state index in [1.165, 1.54) is 6.07 Å². The Balaban J connectivity index is 2.11. The van der Waals surface area contributed by atoms with Crippen molar-refractivity contribution in [1.82, 2.24) is 15.5 Å². The zero-order chi connectivity index (χ0) is 9.97. The number of aromatic amines is 1. The fourth-order valence-corrected chi connectivity index (χ4v) is 1.73. The molecule has 1 aliphatic heterocycles. The first-order valence-corrected chi connectivity index (χ1v) is 4.68. The molecule has 1 atom stereocenters. The Morgan fingerprint density at radius 3 is 3.07 bits per heavy atom. The summed E-state index contributed by atoms with van der Waals surface area (Å²) in [5, 5.41) is 20.0. The summed E-state index contributed by atoms with van der Waals surface area (Å²) >= 11 is 0. The van der Waals surface area contributed by atoms with Gasteiger partial charge < -0.3 is 15.4 Å². The van der Waals surface area contributed by atoms with Gasteiger partial charge in [0.05, 0.1) is 11.8 Å². The summed E-state index contributed by atoms with van der Waals surface area (Å²) in [6.45, 7) is 1.89. The molecule has 0 aliphatic carbocycles. The number of nitrogens with zero attached hydrogens (tertiary/aromatic N) is 2. The molecule has 2 N–H and O–H groups in total. The lowest BCUT2D eigenvalue weighted by molar-refractivity contribution is -0.389. The van der Waals surface area contributed by atoms with Crippen LogP contribution in [0, 0.1) is 10.1 Å². The molecule has 6 nitrogen and oxygen atoms in total. The third-order valence-electron chi connectivity index (χ3n) is 2.50. The summed E-state index contributed by atoms with van der Waals surface area (Å²) in [4.78, 5) is 9.96. The highest BCUT2D eigenvalue weighted by atomic mass is 16.6. The van der Waals surface area contributed by atoms with Gasteiger partial charge in [0.2, 0.25) is 0 Å². The van der Waals surface area contributed by atoms with Crippen LogP contribution < -0.4 is 5.32 Å². The van der Waals surface area contributed by atoms with Gasteiger partial charge in [-0.05, 0) is 24.3 Å². The number of aromatic nitrogens is 2. The second-order valence-corrected chi connectivity index (χ2v) is 3.48. The Morgan fingerprint density at radius 1 is 1.64 bits per heavy atom. The van der Waals surface area contributed by atoms with Crippen molar-refractivity contribution in [3.63, 3.8) is 0 Å². The zero-order valence-corrected chi connectivity index (χ0v) is 7.69. The SMILES string of the molecule is O=[N+]([O-])c1cc(C2CCCNC2)n[nH]1. The van der Waals surface area contributed by atoms with Crippen molar-refractivity contribution in [2.45, 2.75) is 18.8 Å². The zero-order valence-electron chi connectivity index (χ0n) is 7.69. The monoisotopic (exact) mass is 196 g/mol. The van der Waals surface area contributed by atoms with Gasteiger partial charge in [-0.3, -0.25) is 0 Å². The molecular formula is C8H12N4O2. The van der Waals surface area contributed by atoms with Crippen LogP contribution in [0.15, 0.2) is 6.07 Å². The summed E-state index contributed by atoms with van der Waals surface area (Å²) < 4.78 is 0. The van der Waals surface area contributed by atoms with Crippen LogP contribution in [0.2, 0.25) is 0 Å². The molecule has 0 amide bonds. The summed E-state index contributed by atoms with van der Waals surface area (Å²) in [5.74, 6) is 0.291. The van der Waals surface area contributed by atoms with Crippen molar-refractivity contribution in [3.8, 4) is 0 Å². The number of nitro groups is 1. The molecule has 1 saturated heterocycles. The Morgan fingerprint density at radius 2 is 2.50 bits per heavy atom. The third-order valence-corrected chi connectivity index (χ3v) is 2.50. The lowest BCUT2D eigenvalue weighted by Crippen LogP contribution is -2.28. The third kappa shape index (κ3) is 1.74.